The van der Waals surface area contributed by atoms with Crippen molar-refractivity contribution >= 4 is 5.78 Å². The molecule has 0 saturated heterocycles. The highest BCUT2D eigenvalue weighted by molar-refractivity contribution is 5.94. The molecule has 18 heavy (non-hydrogen) atoms. The molecule has 0 aliphatic carbocycles. The number of benzene rings is 1. The lowest BCUT2D eigenvalue weighted by Gasteiger charge is -2.07. The molecule has 1 aromatic heterocycles. The minimum atomic E-state index is 0.00972. The summed E-state index contributed by atoms with van der Waals surface area (Å²) in [5.74, 6) is 1.75. The van der Waals surface area contributed by atoms with E-state index in [0.29, 0.717) is 23.0 Å². The fourth-order valence-electron chi connectivity index (χ4n) is 1.63. The molecule has 0 N–H and O–H groups in total. The molecule has 0 saturated carbocycles. The van der Waals surface area contributed by atoms with Crippen LogP contribution < -0.4 is 4.74 Å². The second kappa shape index (κ2) is 4.96. The van der Waals surface area contributed by atoms with Gasteiger partial charge >= 0.3 is 0 Å². The first kappa shape index (κ1) is 12.2. The van der Waals surface area contributed by atoms with Gasteiger partial charge in [0.05, 0.1) is 0 Å². The van der Waals surface area contributed by atoms with Crippen LogP contribution in [0.5, 0.6) is 11.6 Å². The largest absolute Gasteiger partial charge is 0.439 e. The second-order valence-electron chi connectivity index (χ2n) is 4.08. The number of hydrogen-bond acceptors (Lipinski definition) is 4. The van der Waals surface area contributed by atoms with E-state index in [1.165, 1.54) is 6.92 Å². The molecular weight excluding hydrogens is 228 g/mol. The Morgan fingerprint density at radius 3 is 2.61 bits per heavy atom. The van der Waals surface area contributed by atoms with Crippen LogP contribution in [0.2, 0.25) is 0 Å². The van der Waals surface area contributed by atoms with E-state index in [9.17, 15) is 4.79 Å². The monoisotopic (exact) mass is 242 g/mol. The summed E-state index contributed by atoms with van der Waals surface area (Å²) in [5, 5.41) is 0. The Balaban J connectivity index is 2.28. The van der Waals surface area contributed by atoms with Crippen molar-refractivity contribution in [2.24, 2.45) is 0 Å². The van der Waals surface area contributed by atoms with Crippen molar-refractivity contribution < 1.29 is 9.53 Å². The normalized spacial score (nSPS) is 10.2. The van der Waals surface area contributed by atoms with E-state index in [4.69, 9.17) is 4.74 Å². The Kier molecular flexibility index (Phi) is 3.37. The topological polar surface area (TPSA) is 52.1 Å². The maximum absolute atomic E-state index is 11.3. The Labute approximate surface area is 106 Å². The lowest BCUT2D eigenvalue weighted by atomic mass is 10.1. The molecule has 0 aliphatic rings. The number of rotatable bonds is 3. The van der Waals surface area contributed by atoms with Crippen molar-refractivity contribution in [2.75, 3.05) is 0 Å². The van der Waals surface area contributed by atoms with Crippen LogP contribution in [-0.4, -0.2) is 15.8 Å². The fraction of sp³-hybridized carbons (Fsp3) is 0.214. The van der Waals surface area contributed by atoms with Gasteiger partial charge in [0.1, 0.15) is 11.6 Å². The number of hydrogen-bond donors (Lipinski definition) is 0. The zero-order valence-corrected chi connectivity index (χ0v) is 10.6. The van der Waals surface area contributed by atoms with Gasteiger partial charge in [0.2, 0.25) is 5.88 Å². The molecule has 0 radical (unpaired) electrons. The molecule has 2 aromatic rings. The number of ether oxygens (including phenoxy) is 1. The number of carbonyl (C=O) groups is 1. The first-order valence-corrected chi connectivity index (χ1v) is 5.66. The van der Waals surface area contributed by atoms with Crippen molar-refractivity contribution in [3.63, 3.8) is 0 Å². The average Bonchev–Trinajstić information content (AvgIpc) is 2.27. The van der Waals surface area contributed by atoms with Crippen LogP contribution in [0, 0.1) is 13.8 Å². The highest BCUT2D eigenvalue weighted by atomic mass is 16.5. The predicted octanol–water partition coefficient (Wildman–Crippen LogP) is 3.09. The van der Waals surface area contributed by atoms with E-state index in [0.717, 1.165) is 5.69 Å². The van der Waals surface area contributed by atoms with Gasteiger partial charge in [-0.1, -0.05) is 12.1 Å². The second-order valence-corrected chi connectivity index (χ2v) is 4.08. The first-order chi connectivity index (χ1) is 8.54. The third-order valence-corrected chi connectivity index (χ3v) is 2.41. The highest BCUT2D eigenvalue weighted by Crippen LogP contribution is 2.21. The molecule has 0 amide bonds. The zero-order valence-electron chi connectivity index (χ0n) is 10.6. The molecule has 92 valence electrons. The standard InChI is InChI=1S/C14H14N2O2/c1-9-7-14(16-11(3)15-9)18-13-6-4-5-12(8-13)10(2)17/h4-8H,1-3H3. The number of aromatic nitrogens is 2. The maximum Gasteiger partial charge on any atom is 0.222 e. The molecule has 0 atom stereocenters. The van der Waals surface area contributed by atoms with E-state index in [1.807, 2.05) is 13.8 Å². The third kappa shape index (κ3) is 2.91. The molecule has 1 aromatic carbocycles. The molecule has 1 heterocycles. The molecule has 0 aliphatic heterocycles. The number of carbonyl (C=O) groups excluding carboxylic acids is 1. The summed E-state index contributed by atoms with van der Waals surface area (Å²) in [5.41, 5.74) is 1.47. The van der Waals surface area contributed by atoms with Crippen LogP contribution in [0.3, 0.4) is 0 Å². The van der Waals surface area contributed by atoms with Gasteiger partial charge in [0.15, 0.2) is 5.78 Å². The summed E-state index contributed by atoms with van der Waals surface area (Å²) in [6.45, 7) is 5.22. The van der Waals surface area contributed by atoms with Crippen LogP contribution in [0.1, 0.15) is 28.8 Å². The number of Topliss-reactive ketones (excluding diaryl/α,β-unsaturated/α-hetero) is 1. The summed E-state index contributed by atoms with van der Waals surface area (Å²) < 4.78 is 5.63. The van der Waals surface area contributed by atoms with Gasteiger partial charge in [-0.25, -0.2) is 4.98 Å². The average molecular weight is 242 g/mol. The molecule has 0 unspecified atom stereocenters. The summed E-state index contributed by atoms with van der Waals surface area (Å²) in [7, 11) is 0. The zero-order chi connectivity index (χ0) is 13.1. The summed E-state index contributed by atoms with van der Waals surface area (Å²) >= 11 is 0. The van der Waals surface area contributed by atoms with Crippen LogP contribution in [0.4, 0.5) is 0 Å². The quantitative estimate of drug-likeness (QED) is 0.776. The Morgan fingerprint density at radius 2 is 1.94 bits per heavy atom. The third-order valence-electron chi connectivity index (χ3n) is 2.41. The van der Waals surface area contributed by atoms with Crippen molar-refractivity contribution in [3.05, 3.63) is 47.4 Å². The molecule has 0 spiro atoms. The van der Waals surface area contributed by atoms with Gasteiger partial charge in [-0.3, -0.25) is 4.79 Å². The molecule has 4 nitrogen and oxygen atoms in total. The molecule has 4 heteroatoms. The minimum absolute atomic E-state index is 0.00972. The van der Waals surface area contributed by atoms with Gasteiger partial charge in [0, 0.05) is 17.3 Å². The molecular formula is C14H14N2O2. The van der Waals surface area contributed by atoms with Crippen LogP contribution in [0.25, 0.3) is 0 Å². The predicted molar refractivity (Wildman–Crippen MR) is 68.0 cm³/mol. The van der Waals surface area contributed by atoms with E-state index < -0.39 is 0 Å². The van der Waals surface area contributed by atoms with Crippen molar-refractivity contribution in [2.45, 2.75) is 20.8 Å². The molecule has 2 rings (SSSR count). The van der Waals surface area contributed by atoms with Gasteiger partial charge in [-0.05, 0) is 32.9 Å². The number of ketones is 1. The van der Waals surface area contributed by atoms with E-state index >= 15 is 0 Å². The van der Waals surface area contributed by atoms with E-state index in [1.54, 1.807) is 30.3 Å². The van der Waals surface area contributed by atoms with Crippen molar-refractivity contribution in [1.29, 1.82) is 0 Å². The number of aryl methyl sites for hydroxylation is 2. The van der Waals surface area contributed by atoms with Gasteiger partial charge in [0.25, 0.3) is 0 Å². The smallest absolute Gasteiger partial charge is 0.222 e. The van der Waals surface area contributed by atoms with Gasteiger partial charge in [-0.2, -0.15) is 4.98 Å². The SMILES string of the molecule is CC(=O)c1cccc(Oc2cc(C)nc(C)n2)c1. The summed E-state index contributed by atoms with van der Waals surface area (Å²) in [6.07, 6.45) is 0. The molecule has 0 bridgehead atoms. The van der Waals surface area contributed by atoms with Crippen LogP contribution in [0.15, 0.2) is 30.3 Å². The lowest BCUT2D eigenvalue weighted by Crippen LogP contribution is -1.96. The van der Waals surface area contributed by atoms with Crippen molar-refractivity contribution in [3.8, 4) is 11.6 Å². The highest BCUT2D eigenvalue weighted by Gasteiger charge is 2.04. The maximum atomic E-state index is 11.3. The van der Waals surface area contributed by atoms with Gasteiger partial charge in [-0.15, -0.1) is 0 Å². The van der Waals surface area contributed by atoms with E-state index in [-0.39, 0.29) is 5.78 Å². The van der Waals surface area contributed by atoms with Crippen LogP contribution >= 0.6 is 0 Å². The Morgan fingerprint density at radius 1 is 1.17 bits per heavy atom. The summed E-state index contributed by atoms with van der Waals surface area (Å²) in [6, 6.07) is 8.79. The minimum Gasteiger partial charge on any atom is -0.439 e. The van der Waals surface area contributed by atoms with Gasteiger partial charge < -0.3 is 4.74 Å². The lowest BCUT2D eigenvalue weighted by molar-refractivity contribution is 0.101. The van der Waals surface area contributed by atoms with Crippen molar-refractivity contribution in [1.82, 2.24) is 9.97 Å². The number of nitrogens with zero attached hydrogens (tertiary/aromatic N) is 2. The molecule has 0 fully saturated rings. The first-order valence-electron chi connectivity index (χ1n) is 5.66. The fourth-order valence-corrected chi connectivity index (χ4v) is 1.63. The Bertz CT molecular complexity index is 574. The van der Waals surface area contributed by atoms with E-state index in [2.05, 4.69) is 9.97 Å². The van der Waals surface area contributed by atoms with Crippen LogP contribution in [-0.2, 0) is 0 Å². The summed E-state index contributed by atoms with van der Waals surface area (Å²) in [4.78, 5) is 19.6. The Hall–Kier alpha value is -2.23.